The van der Waals surface area contributed by atoms with Crippen LogP contribution in [0.5, 0.6) is 0 Å². The standard InChI is InChI=1S/C23H28N4S/c1-16-6-11-19-20(14-16)28-23-21(19)22(24-15-25-23)26-17-7-9-18(10-8-17)27-12-4-2-3-5-13-27/h7-10,15-16H,2-6,11-14H2,1H3,(H,24,25,26)/t16-/m1/s1. The Labute approximate surface area is 171 Å². The van der Waals surface area contributed by atoms with Crippen molar-refractivity contribution in [1.82, 2.24) is 9.97 Å². The fourth-order valence-electron chi connectivity index (χ4n) is 4.59. The third-order valence-electron chi connectivity index (χ3n) is 6.19. The first-order valence-corrected chi connectivity index (χ1v) is 11.5. The van der Waals surface area contributed by atoms with Gasteiger partial charge in [-0.2, -0.15) is 0 Å². The summed E-state index contributed by atoms with van der Waals surface area (Å²) in [4.78, 5) is 14.3. The maximum absolute atomic E-state index is 4.60. The summed E-state index contributed by atoms with van der Waals surface area (Å²) in [6.07, 6.45) is 10.6. The van der Waals surface area contributed by atoms with Crippen LogP contribution < -0.4 is 10.2 Å². The highest BCUT2D eigenvalue weighted by molar-refractivity contribution is 7.19. The predicted octanol–water partition coefficient (Wildman–Crippen LogP) is 5.94. The summed E-state index contributed by atoms with van der Waals surface area (Å²) in [5.74, 6) is 1.73. The Hall–Kier alpha value is -2.14. The minimum atomic E-state index is 0.775. The largest absolute Gasteiger partial charge is 0.372 e. The molecule has 1 aliphatic carbocycles. The lowest BCUT2D eigenvalue weighted by Crippen LogP contribution is -2.23. The molecule has 3 heterocycles. The van der Waals surface area contributed by atoms with Crippen molar-refractivity contribution in [2.45, 2.75) is 51.9 Å². The number of benzene rings is 1. The number of nitrogens with zero attached hydrogens (tertiary/aromatic N) is 3. The molecule has 4 nitrogen and oxygen atoms in total. The fourth-order valence-corrected chi connectivity index (χ4v) is 5.94. The van der Waals surface area contributed by atoms with Crippen LogP contribution in [-0.4, -0.2) is 23.1 Å². The van der Waals surface area contributed by atoms with E-state index in [-0.39, 0.29) is 0 Å². The molecule has 1 atom stereocenters. The van der Waals surface area contributed by atoms with Gasteiger partial charge in [0.1, 0.15) is 17.0 Å². The highest BCUT2D eigenvalue weighted by atomic mass is 32.1. The summed E-state index contributed by atoms with van der Waals surface area (Å²) >= 11 is 1.85. The molecule has 1 aliphatic heterocycles. The van der Waals surface area contributed by atoms with E-state index in [2.05, 4.69) is 51.4 Å². The molecule has 2 aromatic heterocycles. The molecule has 1 N–H and O–H groups in total. The fraction of sp³-hybridized carbons (Fsp3) is 0.478. The number of hydrogen-bond acceptors (Lipinski definition) is 5. The molecule has 146 valence electrons. The van der Waals surface area contributed by atoms with E-state index in [1.165, 1.54) is 73.1 Å². The second-order valence-electron chi connectivity index (χ2n) is 8.33. The lowest BCUT2D eigenvalue weighted by molar-refractivity contribution is 0.509. The molecule has 1 saturated heterocycles. The first kappa shape index (κ1) is 17.9. The Morgan fingerprint density at radius 3 is 2.61 bits per heavy atom. The monoisotopic (exact) mass is 392 g/mol. The van der Waals surface area contributed by atoms with Gasteiger partial charge in [-0.05, 0) is 67.9 Å². The van der Waals surface area contributed by atoms with Crippen LogP contribution in [0.2, 0.25) is 0 Å². The van der Waals surface area contributed by atoms with Crippen LogP contribution in [-0.2, 0) is 12.8 Å². The number of anilines is 3. The van der Waals surface area contributed by atoms with Gasteiger partial charge in [-0.3, -0.25) is 0 Å². The van der Waals surface area contributed by atoms with Crippen molar-refractivity contribution in [2.75, 3.05) is 23.3 Å². The molecule has 0 amide bonds. The van der Waals surface area contributed by atoms with Crippen LogP contribution in [0.3, 0.4) is 0 Å². The topological polar surface area (TPSA) is 41.1 Å². The van der Waals surface area contributed by atoms with Crippen LogP contribution in [0.15, 0.2) is 30.6 Å². The van der Waals surface area contributed by atoms with E-state index in [4.69, 9.17) is 0 Å². The Bertz CT molecular complexity index is 955. The Balaban J connectivity index is 1.41. The number of nitrogens with one attached hydrogen (secondary N) is 1. The zero-order chi connectivity index (χ0) is 18.9. The average Bonchev–Trinajstić information content (AvgIpc) is 2.88. The number of aryl methyl sites for hydroxylation is 1. The van der Waals surface area contributed by atoms with Gasteiger partial charge in [0.05, 0.1) is 5.39 Å². The molecule has 5 heteroatoms. The smallest absolute Gasteiger partial charge is 0.142 e. The van der Waals surface area contributed by atoms with Crippen molar-refractivity contribution in [2.24, 2.45) is 5.92 Å². The molecule has 0 bridgehead atoms. The van der Waals surface area contributed by atoms with Gasteiger partial charge >= 0.3 is 0 Å². The Morgan fingerprint density at radius 1 is 1.04 bits per heavy atom. The molecule has 3 aromatic rings. The van der Waals surface area contributed by atoms with Gasteiger partial charge in [-0.15, -0.1) is 11.3 Å². The average molecular weight is 393 g/mol. The van der Waals surface area contributed by atoms with Gasteiger partial charge < -0.3 is 10.2 Å². The SMILES string of the molecule is C[C@@H]1CCc2c(sc3ncnc(Nc4ccc(N5CCCCCC5)cc4)c23)C1. The number of hydrogen-bond donors (Lipinski definition) is 1. The summed E-state index contributed by atoms with van der Waals surface area (Å²) in [7, 11) is 0. The first-order chi connectivity index (χ1) is 13.8. The third kappa shape index (κ3) is 3.48. The summed E-state index contributed by atoms with van der Waals surface area (Å²) in [6, 6.07) is 8.87. The quantitative estimate of drug-likeness (QED) is 0.599. The van der Waals surface area contributed by atoms with Gasteiger partial charge in [0.2, 0.25) is 0 Å². The molecule has 28 heavy (non-hydrogen) atoms. The van der Waals surface area contributed by atoms with E-state index in [9.17, 15) is 0 Å². The van der Waals surface area contributed by atoms with Gasteiger partial charge in [-0.1, -0.05) is 19.8 Å². The molecule has 0 radical (unpaired) electrons. The van der Waals surface area contributed by atoms with Gasteiger partial charge in [-0.25, -0.2) is 9.97 Å². The van der Waals surface area contributed by atoms with E-state index in [1.54, 1.807) is 6.33 Å². The summed E-state index contributed by atoms with van der Waals surface area (Å²) < 4.78 is 0. The second kappa shape index (κ2) is 7.70. The van der Waals surface area contributed by atoms with Crippen LogP contribution in [0.25, 0.3) is 10.2 Å². The maximum Gasteiger partial charge on any atom is 0.142 e. The minimum absolute atomic E-state index is 0.775. The molecule has 0 spiro atoms. The number of fused-ring (bicyclic) bond motifs is 3. The van der Waals surface area contributed by atoms with Crippen LogP contribution in [0.4, 0.5) is 17.2 Å². The lowest BCUT2D eigenvalue weighted by Gasteiger charge is -2.23. The minimum Gasteiger partial charge on any atom is -0.372 e. The molecule has 5 rings (SSSR count). The van der Waals surface area contributed by atoms with Gasteiger partial charge in [0.25, 0.3) is 0 Å². The van der Waals surface area contributed by atoms with E-state index in [0.29, 0.717) is 0 Å². The highest BCUT2D eigenvalue weighted by Gasteiger charge is 2.23. The summed E-state index contributed by atoms with van der Waals surface area (Å²) in [5.41, 5.74) is 3.91. The van der Waals surface area contributed by atoms with Crippen LogP contribution >= 0.6 is 11.3 Å². The molecule has 2 aliphatic rings. The molecule has 0 saturated carbocycles. The van der Waals surface area contributed by atoms with Crippen LogP contribution in [0, 0.1) is 5.92 Å². The van der Waals surface area contributed by atoms with E-state index >= 15 is 0 Å². The molecule has 1 aromatic carbocycles. The normalized spacial score (nSPS) is 20.0. The number of thiophene rings is 1. The summed E-state index contributed by atoms with van der Waals surface area (Å²) in [5, 5.41) is 4.82. The van der Waals surface area contributed by atoms with Crippen molar-refractivity contribution < 1.29 is 0 Å². The Morgan fingerprint density at radius 2 is 1.82 bits per heavy atom. The number of rotatable bonds is 3. The second-order valence-corrected chi connectivity index (χ2v) is 9.41. The van der Waals surface area contributed by atoms with E-state index in [0.717, 1.165) is 28.7 Å². The Kier molecular flexibility index (Phi) is 4.93. The van der Waals surface area contributed by atoms with Crippen molar-refractivity contribution in [3.05, 3.63) is 41.0 Å². The van der Waals surface area contributed by atoms with E-state index in [1.807, 2.05) is 11.3 Å². The molecule has 1 fully saturated rings. The van der Waals surface area contributed by atoms with Crippen molar-refractivity contribution in [1.29, 1.82) is 0 Å². The van der Waals surface area contributed by atoms with Crippen LogP contribution in [0.1, 0.15) is 49.5 Å². The maximum atomic E-state index is 4.60. The van der Waals surface area contributed by atoms with Gasteiger partial charge in [0.15, 0.2) is 0 Å². The van der Waals surface area contributed by atoms with E-state index < -0.39 is 0 Å². The summed E-state index contributed by atoms with van der Waals surface area (Å²) in [6.45, 7) is 4.71. The number of aromatic nitrogens is 2. The van der Waals surface area contributed by atoms with Crippen molar-refractivity contribution in [3.8, 4) is 0 Å². The third-order valence-corrected chi connectivity index (χ3v) is 7.36. The zero-order valence-corrected chi connectivity index (χ0v) is 17.4. The van der Waals surface area contributed by atoms with Crippen molar-refractivity contribution in [3.63, 3.8) is 0 Å². The zero-order valence-electron chi connectivity index (χ0n) is 16.6. The molecule has 0 unspecified atom stereocenters. The predicted molar refractivity (Wildman–Crippen MR) is 119 cm³/mol. The first-order valence-electron chi connectivity index (χ1n) is 10.7. The highest BCUT2D eigenvalue weighted by Crippen LogP contribution is 2.40. The van der Waals surface area contributed by atoms with Crippen molar-refractivity contribution >= 4 is 38.7 Å². The molecular formula is C23H28N4S. The molecular weight excluding hydrogens is 364 g/mol. The van der Waals surface area contributed by atoms with Gasteiger partial charge in [0, 0.05) is 29.3 Å². The lowest BCUT2D eigenvalue weighted by atomic mass is 9.89.